The predicted octanol–water partition coefficient (Wildman–Crippen LogP) is 3.41. The summed E-state index contributed by atoms with van der Waals surface area (Å²) in [6.07, 6.45) is 0. The van der Waals surface area contributed by atoms with Crippen LogP contribution in [0.1, 0.15) is 40.3 Å². The topological polar surface area (TPSA) is 42.2 Å². The molecule has 0 aliphatic rings. The molecule has 2 aromatic rings. The van der Waals surface area contributed by atoms with E-state index < -0.39 is 5.97 Å². The van der Waals surface area contributed by atoms with Crippen molar-refractivity contribution < 1.29 is 9.90 Å². The molecular weight excluding hydrogens is 226 g/mol. The number of hydrogen-bond donors (Lipinski definition) is 1. The number of hydrogen-bond acceptors (Lipinski definition) is 1. The highest BCUT2D eigenvalue weighted by Gasteiger charge is 2.18. The molecule has 18 heavy (non-hydrogen) atoms. The fourth-order valence-electron chi connectivity index (χ4n) is 2.47. The second-order valence-electron chi connectivity index (χ2n) is 4.55. The Hall–Kier alpha value is -2.03. The first-order valence-corrected chi connectivity index (χ1v) is 5.99. The molecule has 0 saturated heterocycles. The molecule has 0 spiro atoms. The highest BCUT2D eigenvalue weighted by molar-refractivity contribution is 5.89. The summed E-state index contributed by atoms with van der Waals surface area (Å²) < 4.78 is 2.07. The van der Waals surface area contributed by atoms with Gasteiger partial charge in [-0.15, -0.1) is 0 Å². The Labute approximate surface area is 107 Å². The Morgan fingerprint density at radius 2 is 1.83 bits per heavy atom. The van der Waals surface area contributed by atoms with E-state index in [0.29, 0.717) is 5.56 Å². The molecule has 2 rings (SSSR count). The van der Waals surface area contributed by atoms with Gasteiger partial charge in [0.05, 0.1) is 11.6 Å². The molecule has 0 aliphatic carbocycles. The maximum Gasteiger partial charge on any atom is 0.337 e. The number of aromatic carboxylic acids is 1. The average molecular weight is 243 g/mol. The summed E-state index contributed by atoms with van der Waals surface area (Å²) in [6.45, 7) is 5.88. The lowest BCUT2D eigenvalue weighted by Gasteiger charge is -2.19. The van der Waals surface area contributed by atoms with Crippen LogP contribution in [0.2, 0.25) is 0 Å². The van der Waals surface area contributed by atoms with E-state index >= 15 is 0 Å². The van der Waals surface area contributed by atoms with Gasteiger partial charge in [0, 0.05) is 11.4 Å². The third-order valence-electron chi connectivity index (χ3n) is 3.38. The van der Waals surface area contributed by atoms with Gasteiger partial charge in [0.15, 0.2) is 0 Å². The van der Waals surface area contributed by atoms with Crippen LogP contribution in [0.3, 0.4) is 0 Å². The van der Waals surface area contributed by atoms with Crippen LogP contribution in [0.25, 0.3) is 0 Å². The second kappa shape index (κ2) is 4.69. The Kier molecular flexibility index (Phi) is 3.24. The minimum Gasteiger partial charge on any atom is -0.478 e. The van der Waals surface area contributed by atoms with Crippen LogP contribution in [0, 0.1) is 13.8 Å². The molecule has 1 atom stereocenters. The van der Waals surface area contributed by atoms with Crippen LogP contribution < -0.4 is 0 Å². The molecule has 0 amide bonds. The van der Waals surface area contributed by atoms with E-state index in [9.17, 15) is 4.79 Å². The SMILES string of the molecule is Cc1cc(C(=O)O)c(C)n1[C@H](C)c1ccccc1. The number of nitrogens with zero attached hydrogens (tertiary/aromatic N) is 1. The highest BCUT2D eigenvalue weighted by Crippen LogP contribution is 2.25. The molecule has 1 heterocycles. The molecule has 94 valence electrons. The van der Waals surface area contributed by atoms with Gasteiger partial charge in [-0.2, -0.15) is 0 Å². The van der Waals surface area contributed by atoms with Gasteiger partial charge in [-0.3, -0.25) is 0 Å². The number of carbonyl (C=O) groups is 1. The number of rotatable bonds is 3. The monoisotopic (exact) mass is 243 g/mol. The first kappa shape index (κ1) is 12.4. The minimum atomic E-state index is -0.866. The zero-order valence-electron chi connectivity index (χ0n) is 10.8. The molecule has 0 bridgehead atoms. The van der Waals surface area contributed by atoms with Gasteiger partial charge in [0.2, 0.25) is 0 Å². The average Bonchev–Trinajstić information content (AvgIpc) is 2.65. The Balaban J connectivity index is 2.49. The zero-order valence-corrected chi connectivity index (χ0v) is 10.8. The number of carboxylic acids is 1. The molecule has 1 aromatic carbocycles. The quantitative estimate of drug-likeness (QED) is 0.897. The molecule has 0 fully saturated rings. The van der Waals surface area contributed by atoms with Crippen molar-refractivity contribution in [3.8, 4) is 0 Å². The summed E-state index contributed by atoms with van der Waals surface area (Å²) in [4.78, 5) is 11.1. The van der Waals surface area contributed by atoms with Crippen molar-refractivity contribution in [3.05, 3.63) is 58.9 Å². The molecule has 1 aromatic heterocycles. The fourth-order valence-corrected chi connectivity index (χ4v) is 2.47. The Bertz CT molecular complexity index is 570. The molecule has 0 radical (unpaired) electrons. The van der Waals surface area contributed by atoms with E-state index in [2.05, 4.69) is 23.6 Å². The van der Waals surface area contributed by atoms with E-state index in [-0.39, 0.29) is 6.04 Å². The van der Waals surface area contributed by atoms with E-state index in [1.54, 1.807) is 6.07 Å². The zero-order chi connectivity index (χ0) is 13.3. The van der Waals surface area contributed by atoms with Crippen LogP contribution in [0.5, 0.6) is 0 Å². The molecule has 3 heteroatoms. The van der Waals surface area contributed by atoms with E-state index in [1.165, 1.54) is 5.56 Å². The van der Waals surface area contributed by atoms with Crippen LogP contribution in [-0.4, -0.2) is 15.6 Å². The second-order valence-corrected chi connectivity index (χ2v) is 4.55. The van der Waals surface area contributed by atoms with Gasteiger partial charge < -0.3 is 9.67 Å². The Morgan fingerprint density at radius 1 is 1.22 bits per heavy atom. The molecule has 0 aliphatic heterocycles. The maximum atomic E-state index is 11.1. The van der Waals surface area contributed by atoms with Crippen molar-refractivity contribution >= 4 is 5.97 Å². The standard InChI is InChI=1S/C15H17NO2/c1-10-9-14(15(17)18)12(3)16(10)11(2)13-7-5-4-6-8-13/h4-9,11H,1-3H3,(H,17,18)/t11-/m1/s1. The van der Waals surface area contributed by atoms with Crippen LogP contribution in [0.4, 0.5) is 0 Å². The van der Waals surface area contributed by atoms with E-state index in [4.69, 9.17) is 5.11 Å². The van der Waals surface area contributed by atoms with Gasteiger partial charge in [-0.1, -0.05) is 30.3 Å². The highest BCUT2D eigenvalue weighted by atomic mass is 16.4. The molecule has 0 saturated carbocycles. The Morgan fingerprint density at radius 3 is 2.33 bits per heavy atom. The summed E-state index contributed by atoms with van der Waals surface area (Å²) in [5, 5.41) is 9.14. The van der Waals surface area contributed by atoms with Crippen molar-refractivity contribution in [3.63, 3.8) is 0 Å². The van der Waals surface area contributed by atoms with Gasteiger partial charge >= 0.3 is 5.97 Å². The smallest absolute Gasteiger partial charge is 0.337 e. The van der Waals surface area contributed by atoms with Crippen molar-refractivity contribution in [1.82, 2.24) is 4.57 Å². The van der Waals surface area contributed by atoms with E-state index in [0.717, 1.165) is 11.4 Å². The number of aryl methyl sites for hydroxylation is 1. The third-order valence-corrected chi connectivity index (χ3v) is 3.38. The van der Waals surface area contributed by atoms with Crippen LogP contribution in [0.15, 0.2) is 36.4 Å². The van der Waals surface area contributed by atoms with Crippen LogP contribution in [-0.2, 0) is 0 Å². The summed E-state index contributed by atoms with van der Waals surface area (Å²) in [6, 6.07) is 12.0. The number of benzene rings is 1. The largest absolute Gasteiger partial charge is 0.478 e. The summed E-state index contributed by atoms with van der Waals surface area (Å²) in [7, 11) is 0. The van der Waals surface area contributed by atoms with Gasteiger partial charge in [-0.05, 0) is 32.4 Å². The van der Waals surface area contributed by atoms with Gasteiger partial charge in [0.1, 0.15) is 0 Å². The van der Waals surface area contributed by atoms with Gasteiger partial charge in [0.25, 0.3) is 0 Å². The van der Waals surface area contributed by atoms with Crippen molar-refractivity contribution in [2.75, 3.05) is 0 Å². The summed E-state index contributed by atoms with van der Waals surface area (Å²) >= 11 is 0. The molecular formula is C15H17NO2. The number of aromatic nitrogens is 1. The summed E-state index contributed by atoms with van der Waals surface area (Å²) in [5.41, 5.74) is 3.34. The molecule has 3 nitrogen and oxygen atoms in total. The maximum absolute atomic E-state index is 11.1. The van der Waals surface area contributed by atoms with E-state index in [1.807, 2.05) is 32.0 Å². The first-order chi connectivity index (χ1) is 8.52. The minimum absolute atomic E-state index is 0.138. The molecule has 0 unspecified atom stereocenters. The lowest BCUT2D eigenvalue weighted by molar-refractivity contribution is 0.0696. The predicted molar refractivity (Wildman–Crippen MR) is 71.1 cm³/mol. The lowest BCUT2D eigenvalue weighted by Crippen LogP contribution is -2.11. The normalized spacial score (nSPS) is 12.4. The van der Waals surface area contributed by atoms with Gasteiger partial charge in [-0.25, -0.2) is 4.79 Å². The molecule has 1 N–H and O–H groups in total. The van der Waals surface area contributed by atoms with Crippen molar-refractivity contribution in [2.24, 2.45) is 0 Å². The third kappa shape index (κ3) is 2.04. The van der Waals surface area contributed by atoms with Crippen molar-refractivity contribution in [1.29, 1.82) is 0 Å². The van der Waals surface area contributed by atoms with Crippen LogP contribution >= 0.6 is 0 Å². The lowest BCUT2D eigenvalue weighted by atomic mass is 10.1. The number of carboxylic acid groups (broad SMARTS) is 1. The van der Waals surface area contributed by atoms with Crippen molar-refractivity contribution in [2.45, 2.75) is 26.8 Å². The first-order valence-electron chi connectivity index (χ1n) is 5.99. The summed E-state index contributed by atoms with van der Waals surface area (Å²) in [5.74, 6) is -0.866. The fraction of sp³-hybridized carbons (Fsp3) is 0.267.